The summed E-state index contributed by atoms with van der Waals surface area (Å²) in [7, 11) is 0. The minimum absolute atomic E-state index is 0.0476. The second kappa shape index (κ2) is 7.89. The number of nitrogens with one attached hydrogen (secondary N) is 1. The van der Waals surface area contributed by atoms with E-state index in [-0.39, 0.29) is 23.4 Å². The summed E-state index contributed by atoms with van der Waals surface area (Å²) in [6, 6.07) is 8.10. The Bertz CT molecular complexity index is 622. The maximum Gasteiger partial charge on any atom is 0.317 e. The lowest BCUT2D eigenvalue weighted by atomic mass is 9.81. The van der Waals surface area contributed by atoms with Crippen LogP contribution in [0.25, 0.3) is 0 Å². The van der Waals surface area contributed by atoms with Crippen LogP contribution in [0.5, 0.6) is 0 Å². The van der Waals surface area contributed by atoms with Gasteiger partial charge in [-0.15, -0.1) is 0 Å². The second-order valence-electron chi connectivity index (χ2n) is 7.95. The van der Waals surface area contributed by atoms with Crippen molar-refractivity contribution >= 4 is 11.9 Å². The maximum atomic E-state index is 12.9. The third-order valence-electron chi connectivity index (χ3n) is 4.86. The first-order chi connectivity index (χ1) is 11.7. The molecule has 2 rings (SSSR count). The fourth-order valence-electron chi connectivity index (χ4n) is 3.32. The van der Waals surface area contributed by atoms with Gasteiger partial charge in [0.25, 0.3) is 0 Å². The molecule has 1 fully saturated rings. The highest BCUT2D eigenvalue weighted by atomic mass is 16.2. The van der Waals surface area contributed by atoms with Gasteiger partial charge >= 0.3 is 6.03 Å². The third-order valence-corrected chi connectivity index (χ3v) is 4.86. The lowest BCUT2D eigenvalue weighted by molar-refractivity contribution is -0.128. The molecule has 138 valence electrons. The van der Waals surface area contributed by atoms with E-state index in [1.54, 1.807) is 6.92 Å². The zero-order chi connectivity index (χ0) is 18.6. The van der Waals surface area contributed by atoms with Gasteiger partial charge < -0.3 is 15.1 Å². The van der Waals surface area contributed by atoms with Gasteiger partial charge in [0, 0.05) is 33.1 Å². The van der Waals surface area contributed by atoms with Crippen molar-refractivity contribution in [2.45, 2.75) is 47.1 Å². The van der Waals surface area contributed by atoms with Crippen molar-refractivity contribution in [3.05, 3.63) is 35.4 Å². The predicted octanol–water partition coefficient (Wildman–Crippen LogP) is 3.35. The topological polar surface area (TPSA) is 52.7 Å². The number of benzene rings is 1. The number of carbonyl (C=O) groups is 2. The van der Waals surface area contributed by atoms with E-state index in [0.29, 0.717) is 19.6 Å². The molecule has 1 aliphatic heterocycles. The number of nitrogens with zero attached hydrogens (tertiary/aromatic N) is 2. The molecule has 1 N–H and O–H groups in total. The van der Waals surface area contributed by atoms with Crippen molar-refractivity contribution in [1.29, 1.82) is 0 Å². The lowest BCUT2D eigenvalue weighted by Crippen LogP contribution is -2.46. The fraction of sp³-hybridized carbons (Fsp3) is 0.600. The first-order valence-electron chi connectivity index (χ1n) is 9.06. The Balaban J connectivity index is 2.12. The molecule has 25 heavy (non-hydrogen) atoms. The molecule has 5 nitrogen and oxygen atoms in total. The molecule has 1 heterocycles. The monoisotopic (exact) mass is 345 g/mol. The number of amides is 3. The van der Waals surface area contributed by atoms with Crippen LogP contribution in [-0.4, -0.2) is 47.9 Å². The molecular formula is C20H31N3O2. The summed E-state index contributed by atoms with van der Waals surface area (Å²) in [5.41, 5.74) is 2.24. The van der Waals surface area contributed by atoms with Crippen molar-refractivity contribution in [2.75, 3.05) is 26.2 Å². The standard InChI is InChI=1S/C20H31N3O2/c1-15-9-6-7-10-17(15)18(20(3,4)5)21-19(25)23-12-8-11-22(13-14-23)16(2)24/h6-7,9-10,18H,8,11-14H2,1-5H3,(H,21,25)/t18-/m0/s1. The van der Waals surface area contributed by atoms with E-state index >= 15 is 0 Å². The molecule has 5 heteroatoms. The first-order valence-corrected chi connectivity index (χ1v) is 9.06. The summed E-state index contributed by atoms with van der Waals surface area (Å²) in [5, 5.41) is 3.24. The molecule has 1 aromatic rings. The molecule has 1 aliphatic rings. The molecule has 1 aromatic carbocycles. The number of carbonyl (C=O) groups excluding carboxylic acids is 2. The van der Waals surface area contributed by atoms with Gasteiger partial charge in [0.05, 0.1) is 6.04 Å². The summed E-state index contributed by atoms with van der Waals surface area (Å²) in [4.78, 5) is 28.1. The van der Waals surface area contributed by atoms with Crippen molar-refractivity contribution in [3.8, 4) is 0 Å². The summed E-state index contributed by atoms with van der Waals surface area (Å²) >= 11 is 0. The van der Waals surface area contributed by atoms with Crippen LogP contribution in [0.1, 0.15) is 51.3 Å². The molecule has 0 unspecified atom stereocenters. The molecule has 0 bridgehead atoms. The number of hydrogen-bond acceptors (Lipinski definition) is 2. The fourth-order valence-corrected chi connectivity index (χ4v) is 3.32. The summed E-state index contributed by atoms with van der Waals surface area (Å²) in [5.74, 6) is 0.0785. The average molecular weight is 345 g/mol. The van der Waals surface area contributed by atoms with E-state index in [1.165, 1.54) is 5.56 Å². The first kappa shape index (κ1) is 19.3. The second-order valence-corrected chi connectivity index (χ2v) is 7.95. The van der Waals surface area contributed by atoms with Gasteiger partial charge in [-0.05, 0) is 29.9 Å². The van der Waals surface area contributed by atoms with Crippen LogP contribution in [0.2, 0.25) is 0 Å². The van der Waals surface area contributed by atoms with Crippen LogP contribution >= 0.6 is 0 Å². The molecule has 0 radical (unpaired) electrons. The Labute approximate surface area is 151 Å². The Kier molecular flexibility index (Phi) is 6.09. The van der Waals surface area contributed by atoms with Gasteiger partial charge in [0.1, 0.15) is 0 Å². The average Bonchev–Trinajstić information content (AvgIpc) is 2.78. The zero-order valence-electron chi connectivity index (χ0n) is 16.1. The zero-order valence-corrected chi connectivity index (χ0v) is 16.1. The Morgan fingerprint density at radius 1 is 1.04 bits per heavy atom. The van der Waals surface area contributed by atoms with E-state index in [2.05, 4.69) is 45.1 Å². The smallest absolute Gasteiger partial charge is 0.317 e. The van der Waals surface area contributed by atoms with Crippen LogP contribution < -0.4 is 5.32 Å². The summed E-state index contributed by atoms with van der Waals surface area (Å²) in [6.07, 6.45) is 0.817. The van der Waals surface area contributed by atoms with Gasteiger partial charge in [-0.1, -0.05) is 45.0 Å². The van der Waals surface area contributed by atoms with Gasteiger partial charge in [-0.2, -0.15) is 0 Å². The van der Waals surface area contributed by atoms with Crippen LogP contribution in [0.15, 0.2) is 24.3 Å². The Morgan fingerprint density at radius 3 is 2.24 bits per heavy atom. The van der Waals surface area contributed by atoms with E-state index in [9.17, 15) is 9.59 Å². The SMILES string of the molecule is CC(=O)N1CCCN(C(=O)N[C@@H](c2ccccc2C)C(C)(C)C)CC1. The van der Waals surface area contributed by atoms with E-state index in [0.717, 1.165) is 18.5 Å². The van der Waals surface area contributed by atoms with Crippen LogP contribution in [0.4, 0.5) is 4.79 Å². The Hall–Kier alpha value is -2.04. The highest BCUT2D eigenvalue weighted by Gasteiger charge is 2.31. The predicted molar refractivity (Wildman–Crippen MR) is 100 cm³/mol. The van der Waals surface area contributed by atoms with E-state index in [4.69, 9.17) is 0 Å². The molecular weight excluding hydrogens is 314 g/mol. The largest absolute Gasteiger partial charge is 0.341 e. The maximum absolute atomic E-state index is 12.9. The molecule has 3 amide bonds. The number of hydrogen-bond donors (Lipinski definition) is 1. The van der Waals surface area contributed by atoms with Gasteiger partial charge in [0.15, 0.2) is 0 Å². The van der Waals surface area contributed by atoms with Crippen molar-refractivity contribution in [2.24, 2.45) is 5.41 Å². The van der Waals surface area contributed by atoms with Crippen molar-refractivity contribution in [1.82, 2.24) is 15.1 Å². The minimum atomic E-state index is -0.0982. The molecule has 0 aliphatic carbocycles. The normalized spacial score (nSPS) is 17.0. The molecule has 0 spiro atoms. The lowest BCUT2D eigenvalue weighted by Gasteiger charge is -2.35. The molecule has 0 saturated carbocycles. The summed E-state index contributed by atoms with van der Waals surface area (Å²) in [6.45, 7) is 12.7. The molecule has 1 saturated heterocycles. The van der Waals surface area contributed by atoms with Crippen LogP contribution in [0.3, 0.4) is 0 Å². The number of urea groups is 1. The van der Waals surface area contributed by atoms with Crippen molar-refractivity contribution in [3.63, 3.8) is 0 Å². The third kappa shape index (κ3) is 4.97. The van der Waals surface area contributed by atoms with Crippen molar-refractivity contribution < 1.29 is 9.59 Å². The summed E-state index contributed by atoms with van der Waals surface area (Å²) < 4.78 is 0. The van der Waals surface area contributed by atoms with Crippen LogP contribution in [-0.2, 0) is 4.79 Å². The minimum Gasteiger partial charge on any atom is -0.341 e. The molecule has 0 aromatic heterocycles. The van der Waals surface area contributed by atoms with Crippen LogP contribution in [0, 0.1) is 12.3 Å². The highest BCUT2D eigenvalue weighted by molar-refractivity contribution is 5.76. The van der Waals surface area contributed by atoms with Gasteiger partial charge in [0.2, 0.25) is 5.91 Å². The quantitative estimate of drug-likeness (QED) is 0.894. The van der Waals surface area contributed by atoms with Gasteiger partial charge in [-0.25, -0.2) is 4.79 Å². The van der Waals surface area contributed by atoms with E-state index in [1.807, 2.05) is 21.9 Å². The number of rotatable bonds is 2. The van der Waals surface area contributed by atoms with E-state index < -0.39 is 0 Å². The Morgan fingerprint density at radius 2 is 1.64 bits per heavy atom. The van der Waals surface area contributed by atoms with Gasteiger partial charge in [-0.3, -0.25) is 4.79 Å². The number of aryl methyl sites for hydroxylation is 1. The highest BCUT2D eigenvalue weighted by Crippen LogP contribution is 2.34. The molecule has 1 atom stereocenters.